The van der Waals surface area contributed by atoms with Gasteiger partial charge in [-0.3, -0.25) is 4.79 Å². The van der Waals surface area contributed by atoms with Gasteiger partial charge in [-0.25, -0.2) is 0 Å². The van der Waals surface area contributed by atoms with Crippen molar-refractivity contribution in [3.05, 3.63) is 29.8 Å². The van der Waals surface area contributed by atoms with E-state index in [1.807, 2.05) is 24.0 Å². The molecule has 0 aromatic heterocycles. The van der Waals surface area contributed by atoms with Gasteiger partial charge in [-0.05, 0) is 50.3 Å². The number of carbonyl (C=O) groups is 1. The fourth-order valence-corrected chi connectivity index (χ4v) is 2.91. The zero-order valence-electron chi connectivity index (χ0n) is 17.1. The minimum Gasteiger partial charge on any atom is -0.382 e. The monoisotopic (exact) mass is 383 g/mol. The van der Waals surface area contributed by atoms with Gasteiger partial charge in [-0.2, -0.15) is 8.42 Å². The van der Waals surface area contributed by atoms with Gasteiger partial charge in [0.15, 0.2) is 0 Å². The average Bonchev–Trinajstić information content (AvgIpc) is 2.51. The van der Waals surface area contributed by atoms with Gasteiger partial charge in [0.2, 0.25) is 5.91 Å². The minimum atomic E-state index is -3.60. The molecule has 0 bridgehead atoms. The third kappa shape index (κ3) is 6.98. The Hall–Kier alpha value is -1.56. The quantitative estimate of drug-likeness (QED) is 0.626. The van der Waals surface area contributed by atoms with Crippen LogP contribution in [0.2, 0.25) is 0 Å². The van der Waals surface area contributed by atoms with Crippen molar-refractivity contribution < 1.29 is 17.4 Å². The Morgan fingerprint density at radius 2 is 1.65 bits per heavy atom. The Kier molecular flexibility index (Phi) is 7.69. The van der Waals surface area contributed by atoms with Crippen molar-refractivity contribution in [2.75, 3.05) is 0 Å². The Balaban J connectivity index is 2.91. The molecule has 148 valence electrons. The van der Waals surface area contributed by atoms with E-state index in [0.29, 0.717) is 18.7 Å². The molecule has 6 heteroatoms. The van der Waals surface area contributed by atoms with E-state index < -0.39 is 15.4 Å². The Morgan fingerprint density at radius 3 is 2.08 bits per heavy atom. The molecule has 0 saturated heterocycles. The van der Waals surface area contributed by atoms with Crippen LogP contribution in [0.25, 0.3) is 0 Å². The normalized spacial score (nSPS) is 13.5. The molecule has 1 atom stereocenters. The molecule has 26 heavy (non-hydrogen) atoms. The van der Waals surface area contributed by atoms with Crippen molar-refractivity contribution in [1.29, 1.82) is 0 Å². The summed E-state index contributed by atoms with van der Waals surface area (Å²) in [6.07, 6.45) is 1.37. The molecular weight excluding hydrogens is 350 g/mol. The number of hydrogen-bond acceptors (Lipinski definition) is 4. The van der Waals surface area contributed by atoms with E-state index in [1.54, 1.807) is 26.0 Å². The van der Waals surface area contributed by atoms with Crippen molar-refractivity contribution in [3.8, 4) is 5.75 Å². The maximum atomic E-state index is 12.7. The minimum absolute atomic E-state index is 0.0638. The molecule has 0 fully saturated rings. The smallest absolute Gasteiger partial charge is 0.311 e. The van der Waals surface area contributed by atoms with E-state index >= 15 is 0 Å². The predicted octanol–water partition coefficient (Wildman–Crippen LogP) is 4.37. The zero-order chi connectivity index (χ0) is 20.1. The van der Waals surface area contributed by atoms with Crippen LogP contribution in [0.4, 0.5) is 0 Å². The summed E-state index contributed by atoms with van der Waals surface area (Å²) in [6, 6.07) is 7.04. The van der Waals surface area contributed by atoms with Crippen molar-refractivity contribution >= 4 is 16.0 Å². The largest absolute Gasteiger partial charge is 0.382 e. The summed E-state index contributed by atoms with van der Waals surface area (Å²) in [4.78, 5) is 14.6. The highest BCUT2D eigenvalue weighted by Crippen LogP contribution is 2.23. The molecule has 1 rings (SSSR count). The van der Waals surface area contributed by atoms with Crippen LogP contribution in [0.3, 0.4) is 0 Å². The second kappa shape index (κ2) is 8.89. The lowest BCUT2D eigenvalue weighted by atomic mass is 9.91. The first kappa shape index (κ1) is 22.5. The molecule has 0 N–H and O–H groups in total. The first-order valence-electron chi connectivity index (χ1n) is 9.17. The second-order valence-electron chi connectivity index (χ2n) is 8.29. The number of nitrogens with zero attached hydrogens (tertiary/aromatic N) is 1. The number of hydrogen-bond donors (Lipinski definition) is 0. The highest BCUT2D eigenvalue weighted by molar-refractivity contribution is 7.87. The van der Waals surface area contributed by atoms with Crippen LogP contribution in [-0.2, 0) is 21.5 Å². The maximum absolute atomic E-state index is 12.7. The summed E-state index contributed by atoms with van der Waals surface area (Å²) >= 11 is 0. The third-order valence-corrected chi connectivity index (χ3v) is 5.77. The Labute approximate surface area is 158 Å². The standard InChI is InChI=1S/C20H33NO4S/c1-8-16(4)21(19(22)13-20(5,6)7)14-17-9-11-18(12-10-17)25-26(23,24)15(2)3/h9-12,15-16H,8,13-14H2,1-7H3. The molecule has 0 aliphatic carbocycles. The number of carbonyl (C=O) groups excluding carboxylic acids is 1. The molecule has 1 aromatic carbocycles. The van der Waals surface area contributed by atoms with Crippen LogP contribution < -0.4 is 4.18 Å². The molecular formula is C20H33NO4S. The summed E-state index contributed by atoms with van der Waals surface area (Å²) in [5.74, 6) is 0.424. The molecule has 1 amide bonds. The molecule has 0 spiro atoms. The van der Waals surface area contributed by atoms with E-state index in [4.69, 9.17) is 4.18 Å². The first-order chi connectivity index (χ1) is 11.9. The fraction of sp³-hybridized carbons (Fsp3) is 0.650. The molecule has 0 heterocycles. The van der Waals surface area contributed by atoms with Gasteiger partial charge in [-0.15, -0.1) is 0 Å². The van der Waals surface area contributed by atoms with Crippen LogP contribution in [-0.4, -0.2) is 30.5 Å². The lowest BCUT2D eigenvalue weighted by molar-refractivity contribution is -0.135. The van der Waals surface area contributed by atoms with E-state index in [9.17, 15) is 13.2 Å². The number of rotatable bonds is 8. The SMILES string of the molecule is CCC(C)N(Cc1ccc(OS(=O)(=O)C(C)C)cc1)C(=O)CC(C)(C)C. The van der Waals surface area contributed by atoms with Crippen LogP contribution in [0.1, 0.15) is 66.9 Å². The van der Waals surface area contributed by atoms with Gasteiger partial charge >= 0.3 is 10.1 Å². The molecule has 0 radical (unpaired) electrons. The highest BCUT2D eigenvalue weighted by atomic mass is 32.2. The maximum Gasteiger partial charge on any atom is 0.311 e. The Bertz CT molecular complexity index is 688. The molecule has 0 aliphatic heterocycles. The molecule has 5 nitrogen and oxygen atoms in total. The van der Waals surface area contributed by atoms with Crippen molar-refractivity contribution in [2.24, 2.45) is 5.41 Å². The topological polar surface area (TPSA) is 63.7 Å². The van der Waals surface area contributed by atoms with E-state index in [1.165, 1.54) is 0 Å². The van der Waals surface area contributed by atoms with Gasteiger partial charge in [0, 0.05) is 19.0 Å². The van der Waals surface area contributed by atoms with Gasteiger partial charge < -0.3 is 9.08 Å². The van der Waals surface area contributed by atoms with E-state index in [0.717, 1.165) is 12.0 Å². The predicted molar refractivity (Wildman–Crippen MR) is 106 cm³/mol. The van der Waals surface area contributed by atoms with Gasteiger partial charge in [0.1, 0.15) is 5.75 Å². The van der Waals surface area contributed by atoms with Gasteiger partial charge in [0.05, 0.1) is 5.25 Å². The summed E-state index contributed by atoms with van der Waals surface area (Å²) < 4.78 is 28.8. The van der Waals surface area contributed by atoms with Crippen LogP contribution in [0.15, 0.2) is 24.3 Å². The molecule has 0 aliphatic rings. The zero-order valence-corrected chi connectivity index (χ0v) is 17.9. The van der Waals surface area contributed by atoms with Crippen LogP contribution in [0, 0.1) is 5.41 Å². The van der Waals surface area contributed by atoms with Gasteiger partial charge in [0.25, 0.3) is 0 Å². The number of benzene rings is 1. The molecule has 1 unspecified atom stereocenters. The van der Waals surface area contributed by atoms with E-state index in [2.05, 4.69) is 27.7 Å². The lowest BCUT2D eigenvalue weighted by Gasteiger charge is -2.31. The third-order valence-electron chi connectivity index (χ3n) is 4.19. The Morgan fingerprint density at radius 1 is 1.12 bits per heavy atom. The average molecular weight is 384 g/mol. The summed E-state index contributed by atoms with van der Waals surface area (Å²) in [7, 11) is -3.60. The van der Waals surface area contributed by atoms with Crippen molar-refractivity contribution in [2.45, 2.75) is 79.1 Å². The fourth-order valence-electron chi connectivity index (χ4n) is 2.34. The summed E-state index contributed by atoms with van der Waals surface area (Å²) in [5.41, 5.74) is 0.882. The molecule has 0 saturated carbocycles. The van der Waals surface area contributed by atoms with E-state index in [-0.39, 0.29) is 17.4 Å². The highest BCUT2D eigenvalue weighted by Gasteiger charge is 2.24. The summed E-state index contributed by atoms with van der Waals surface area (Å²) in [6.45, 7) is 13.9. The summed E-state index contributed by atoms with van der Waals surface area (Å²) in [5, 5.41) is -0.599. The second-order valence-corrected chi connectivity index (χ2v) is 10.4. The van der Waals surface area contributed by atoms with Crippen LogP contribution in [0.5, 0.6) is 5.75 Å². The molecule has 1 aromatic rings. The first-order valence-corrected chi connectivity index (χ1v) is 10.6. The lowest BCUT2D eigenvalue weighted by Crippen LogP contribution is -2.39. The number of amides is 1. The van der Waals surface area contributed by atoms with Crippen molar-refractivity contribution in [1.82, 2.24) is 4.90 Å². The van der Waals surface area contributed by atoms with Gasteiger partial charge in [-0.1, -0.05) is 39.8 Å². The van der Waals surface area contributed by atoms with Crippen molar-refractivity contribution in [3.63, 3.8) is 0 Å². The van der Waals surface area contributed by atoms with Crippen LogP contribution >= 0.6 is 0 Å².